The average molecular weight is 323 g/mol. The summed E-state index contributed by atoms with van der Waals surface area (Å²) in [6.45, 7) is 7.18. The standard InChI is InChI=1S/C16H21N3S.ClH/c1-2-12-20-16-17-14-8-4-5-9-15(14)19(16)13-18-10-6-3-7-11-18;/h2,4-5,8-9H,1,3,6-7,10-13H2;1H/p-1. The summed E-state index contributed by atoms with van der Waals surface area (Å²) in [5.41, 5.74) is 2.33. The lowest BCUT2D eigenvalue weighted by Gasteiger charge is -2.27. The first-order chi connectivity index (χ1) is 9.88. The van der Waals surface area contributed by atoms with Crippen molar-refractivity contribution in [1.82, 2.24) is 14.5 Å². The molecule has 5 heteroatoms. The molecular weight excluding hydrogens is 302 g/mol. The van der Waals surface area contributed by atoms with Crippen molar-refractivity contribution >= 4 is 22.8 Å². The lowest BCUT2D eigenvalue weighted by Crippen LogP contribution is -3.00. The summed E-state index contributed by atoms with van der Waals surface area (Å²) in [4.78, 5) is 7.30. The molecule has 3 rings (SSSR count). The molecule has 1 aromatic heterocycles. The van der Waals surface area contributed by atoms with Crippen molar-refractivity contribution in [2.45, 2.75) is 31.1 Å². The molecule has 2 aromatic rings. The SMILES string of the molecule is C=CCSc1nc2ccccc2n1CN1CCCCC1.[Cl-]. The Bertz CT molecular complexity index is 590. The minimum absolute atomic E-state index is 0. The van der Waals surface area contributed by atoms with Gasteiger partial charge in [-0.3, -0.25) is 4.90 Å². The predicted molar refractivity (Wildman–Crippen MR) is 86.1 cm³/mol. The zero-order valence-electron chi connectivity index (χ0n) is 12.2. The minimum Gasteiger partial charge on any atom is -1.00 e. The Morgan fingerprint density at radius 1 is 1.19 bits per heavy atom. The van der Waals surface area contributed by atoms with E-state index in [0.29, 0.717) is 0 Å². The molecule has 1 saturated heterocycles. The largest absolute Gasteiger partial charge is 1.00 e. The Morgan fingerprint density at radius 3 is 2.71 bits per heavy atom. The van der Waals surface area contributed by atoms with Gasteiger partial charge in [-0.2, -0.15) is 0 Å². The molecule has 1 fully saturated rings. The maximum Gasteiger partial charge on any atom is 0.170 e. The van der Waals surface area contributed by atoms with E-state index < -0.39 is 0 Å². The predicted octanol–water partition coefficient (Wildman–Crippen LogP) is 0.762. The molecule has 0 bridgehead atoms. The van der Waals surface area contributed by atoms with Crippen LogP contribution in [0, 0.1) is 0 Å². The number of thioether (sulfide) groups is 1. The molecule has 1 aliphatic heterocycles. The second kappa shape index (κ2) is 7.87. The quantitative estimate of drug-likeness (QED) is 0.599. The lowest BCUT2D eigenvalue weighted by atomic mass is 10.1. The number of hydrogen-bond acceptors (Lipinski definition) is 3. The number of likely N-dealkylation sites (tertiary alicyclic amines) is 1. The molecule has 21 heavy (non-hydrogen) atoms. The number of para-hydroxylation sites is 2. The van der Waals surface area contributed by atoms with Crippen molar-refractivity contribution in [3.05, 3.63) is 36.9 Å². The molecule has 2 heterocycles. The maximum absolute atomic E-state index is 4.77. The van der Waals surface area contributed by atoms with Crippen molar-refractivity contribution < 1.29 is 12.4 Å². The first kappa shape index (κ1) is 16.4. The Balaban J connectivity index is 0.00000161. The first-order valence-corrected chi connectivity index (χ1v) is 8.28. The van der Waals surface area contributed by atoms with Gasteiger partial charge in [0.15, 0.2) is 5.16 Å². The number of rotatable bonds is 5. The van der Waals surface area contributed by atoms with Gasteiger partial charge in [-0.25, -0.2) is 4.98 Å². The van der Waals surface area contributed by atoms with E-state index in [2.05, 4.69) is 40.3 Å². The third-order valence-corrected chi connectivity index (χ3v) is 4.71. The van der Waals surface area contributed by atoms with Crippen LogP contribution in [0.5, 0.6) is 0 Å². The molecule has 1 aromatic carbocycles. The van der Waals surface area contributed by atoms with Crippen LogP contribution in [0.2, 0.25) is 0 Å². The summed E-state index contributed by atoms with van der Waals surface area (Å²) in [5, 5.41) is 1.11. The molecule has 0 amide bonds. The van der Waals surface area contributed by atoms with Gasteiger partial charge in [-0.1, -0.05) is 36.4 Å². The first-order valence-electron chi connectivity index (χ1n) is 7.30. The van der Waals surface area contributed by atoms with E-state index >= 15 is 0 Å². The Hall–Kier alpha value is -0.970. The summed E-state index contributed by atoms with van der Waals surface area (Å²) in [6, 6.07) is 8.42. The molecular formula is C16H21ClN3S-. The average Bonchev–Trinajstić information content (AvgIpc) is 2.84. The number of hydrogen-bond donors (Lipinski definition) is 0. The fourth-order valence-corrected chi connectivity index (χ4v) is 3.48. The molecule has 0 spiro atoms. The van der Waals surface area contributed by atoms with Gasteiger partial charge in [0.25, 0.3) is 0 Å². The van der Waals surface area contributed by atoms with Gasteiger partial charge < -0.3 is 17.0 Å². The van der Waals surface area contributed by atoms with Crippen molar-refractivity contribution in [1.29, 1.82) is 0 Å². The van der Waals surface area contributed by atoms with E-state index in [1.807, 2.05) is 6.08 Å². The molecule has 0 atom stereocenters. The fraction of sp³-hybridized carbons (Fsp3) is 0.438. The van der Waals surface area contributed by atoms with Crippen LogP contribution >= 0.6 is 11.8 Å². The molecule has 0 saturated carbocycles. The second-order valence-electron chi connectivity index (χ2n) is 5.23. The Kier molecular flexibility index (Phi) is 6.15. The number of nitrogens with zero attached hydrogens (tertiary/aromatic N) is 3. The van der Waals surface area contributed by atoms with E-state index in [4.69, 9.17) is 4.98 Å². The van der Waals surface area contributed by atoms with E-state index in [1.54, 1.807) is 11.8 Å². The van der Waals surface area contributed by atoms with E-state index in [0.717, 1.165) is 23.1 Å². The number of fused-ring (bicyclic) bond motifs is 1. The van der Waals surface area contributed by atoms with Gasteiger partial charge in [0.1, 0.15) is 0 Å². The van der Waals surface area contributed by atoms with Crippen molar-refractivity contribution in [3.63, 3.8) is 0 Å². The van der Waals surface area contributed by atoms with Crippen LogP contribution in [-0.2, 0) is 6.67 Å². The topological polar surface area (TPSA) is 21.1 Å². The van der Waals surface area contributed by atoms with Crippen LogP contribution in [0.4, 0.5) is 0 Å². The van der Waals surface area contributed by atoms with Crippen LogP contribution in [0.3, 0.4) is 0 Å². The van der Waals surface area contributed by atoms with Crippen molar-refractivity contribution in [3.8, 4) is 0 Å². The monoisotopic (exact) mass is 322 g/mol. The molecule has 0 radical (unpaired) electrons. The number of benzene rings is 1. The van der Waals surface area contributed by atoms with E-state index in [9.17, 15) is 0 Å². The Labute approximate surface area is 136 Å². The smallest absolute Gasteiger partial charge is 0.170 e. The van der Waals surface area contributed by atoms with Crippen LogP contribution in [0.1, 0.15) is 19.3 Å². The normalized spacial score (nSPS) is 15.8. The number of halogens is 1. The zero-order chi connectivity index (χ0) is 13.8. The summed E-state index contributed by atoms with van der Waals surface area (Å²) in [6.07, 6.45) is 5.96. The van der Waals surface area contributed by atoms with Gasteiger partial charge >= 0.3 is 0 Å². The maximum atomic E-state index is 4.77. The second-order valence-corrected chi connectivity index (χ2v) is 6.22. The fourth-order valence-electron chi connectivity index (χ4n) is 2.73. The molecule has 3 nitrogen and oxygen atoms in total. The van der Waals surface area contributed by atoms with Crippen LogP contribution in [0.15, 0.2) is 42.1 Å². The highest BCUT2D eigenvalue weighted by Gasteiger charge is 2.15. The third kappa shape index (κ3) is 3.82. The zero-order valence-corrected chi connectivity index (χ0v) is 13.7. The minimum atomic E-state index is 0. The molecule has 0 aliphatic carbocycles. The van der Waals surface area contributed by atoms with Gasteiger partial charge in [0.2, 0.25) is 0 Å². The lowest BCUT2D eigenvalue weighted by molar-refractivity contribution is -0.00000409. The molecule has 0 N–H and O–H groups in total. The number of piperidine rings is 1. The number of aromatic nitrogens is 2. The van der Waals surface area contributed by atoms with Gasteiger partial charge in [0, 0.05) is 5.75 Å². The van der Waals surface area contributed by atoms with Crippen LogP contribution in [-0.4, -0.2) is 33.3 Å². The summed E-state index contributed by atoms with van der Waals surface area (Å²) in [7, 11) is 0. The van der Waals surface area contributed by atoms with Crippen LogP contribution in [0.25, 0.3) is 11.0 Å². The van der Waals surface area contributed by atoms with Gasteiger partial charge in [0.05, 0.1) is 17.7 Å². The van der Waals surface area contributed by atoms with Crippen molar-refractivity contribution in [2.75, 3.05) is 18.8 Å². The highest BCUT2D eigenvalue weighted by atomic mass is 35.5. The van der Waals surface area contributed by atoms with Crippen molar-refractivity contribution in [2.24, 2.45) is 0 Å². The Morgan fingerprint density at radius 2 is 1.95 bits per heavy atom. The molecule has 1 aliphatic rings. The van der Waals surface area contributed by atoms with Gasteiger partial charge in [-0.05, 0) is 38.1 Å². The van der Waals surface area contributed by atoms with E-state index in [1.165, 1.54) is 37.9 Å². The third-order valence-electron chi connectivity index (χ3n) is 3.74. The van der Waals surface area contributed by atoms with Gasteiger partial charge in [-0.15, -0.1) is 6.58 Å². The highest BCUT2D eigenvalue weighted by molar-refractivity contribution is 7.99. The highest BCUT2D eigenvalue weighted by Crippen LogP contribution is 2.25. The molecule has 0 unspecified atom stereocenters. The van der Waals surface area contributed by atoms with E-state index in [-0.39, 0.29) is 12.4 Å². The molecule has 114 valence electrons. The summed E-state index contributed by atoms with van der Waals surface area (Å²) in [5.74, 6) is 0.906. The summed E-state index contributed by atoms with van der Waals surface area (Å²) < 4.78 is 2.36. The number of imidazole rings is 1. The summed E-state index contributed by atoms with van der Waals surface area (Å²) >= 11 is 1.77. The van der Waals surface area contributed by atoms with Crippen LogP contribution < -0.4 is 12.4 Å².